The molecule has 33 heavy (non-hydrogen) atoms. The van der Waals surface area contributed by atoms with Gasteiger partial charge in [-0.25, -0.2) is 0 Å². The van der Waals surface area contributed by atoms with Gasteiger partial charge in [-0.1, -0.05) is 23.7 Å². The van der Waals surface area contributed by atoms with Crippen LogP contribution < -0.4 is 14.5 Å². The van der Waals surface area contributed by atoms with Crippen molar-refractivity contribution in [1.82, 2.24) is 4.90 Å². The van der Waals surface area contributed by atoms with Crippen LogP contribution >= 0.6 is 11.6 Å². The predicted octanol–water partition coefficient (Wildman–Crippen LogP) is 3.57. The summed E-state index contributed by atoms with van der Waals surface area (Å²) in [5.41, 5.74) is 3.29. The van der Waals surface area contributed by atoms with Gasteiger partial charge < -0.3 is 14.5 Å². The zero-order valence-electron chi connectivity index (χ0n) is 19.0. The normalized spacial score (nSPS) is 19.4. The number of methoxy groups -OCH3 is 1. The number of anilines is 2. The molecule has 0 aliphatic carbocycles. The van der Waals surface area contributed by atoms with Crippen LogP contribution in [0.3, 0.4) is 0 Å². The summed E-state index contributed by atoms with van der Waals surface area (Å²) in [6.45, 7) is 5.54. The quantitative estimate of drug-likeness (QED) is 0.563. The Hall–Kier alpha value is -2.00. The van der Waals surface area contributed by atoms with Crippen LogP contribution in [0.2, 0.25) is 5.02 Å². The smallest absolute Gasteiger partial charge is 0.266 e. The van der Waals surface area contributed by atoms with Gasteiger partial charge in [-0.3, -0.25) is 9.45 Å². The number of piperazine rings is 1. The summed E-state index contributed by atoms with van der Waals surface area (Å²) >= 11 is 6.14. The summed E-state index contributed by atoms with van der Waals surface area (Å²) in [5, 5.41) is 0.757. The summed E-state index contributed by atoms with van der Waals surface area (Å²) in [5.74, 6) is 0.585. The van der Waals surface area contributed by atoms with Crippen molar-refractivity contribution < 1.29 is 17.7 Å². The monoisotopic (exact) mass is 493 g/mol. The molecule has 0 radical (unpaired) electrons. The van der Waals surface area contributed by atoms with Crippen LogP contribution in [0.15, 0.2) is 42.5 Å². The Morgan fingerprint density at radius 2 is 1.85 bits per heavy atom. The topological polar surface area (TPSA) is 73.3 Å². The summed E-state index contributed by atoms with van der Waals surface area (Å²) in [6.07, 6.45) is 2.32. The highest BCUT2D eigenvalue weighted by Crippen LogP contribution is 2.37. The first-order valence-electron chi connectivity index (χ1n) is 11.4. The fourth-order valence-corrected chi connectivity index (χ4v) is 6.03. The molecule has 0 saturated carbocycles. The van der Waals surface area contributed by atoms with Gasteiger partial charge in [0.15, 0.2) is 0 Å². The van der Waals surface area contributed by atoms with E-state index in [-0.39, 0.29) is 11.8 Å². The minimum absolute atomic E-state index is 0.237. The number of hydrogen-bond acceptors (Lipinski definition) is 6. The van der Waals surface area contributed by atoms with E-state index < -0.39 is 10.1 Å². The van der Waals surface area contributed by atoms with Gasteiger partial charge in [-0.2, -0.15) is 8.42 Å². The molecule has 0 aromatic heterocycles. The number of benzene rings is 2. The SMILES string of the molecule is COc1cccc2c1CCC(CS(=O)(=O)O)N2CCCN1CCN(c2cccc(Cl)c2)CC1. The average Bonchev–Trinajstić information content (AvgIpc) is 2.79. The van der Waals surface area contributed by atoms with E-state index >= 15 is 0 Å². The Bertz CT molecular complexity index is 1060. The lowest BCUT2D eigenvalue weighted by atomic mass is 9.95. The number of hydrogen-bond donors (Lipinski definition) is 1. The Morgan fingerprint density at radius 3 is 2.55 bits per heavy atom. The fraction of sp³-hybridized carbons (Fsp3) is 0.500. The first kappa shape index (κ1) is 24.1. The molecule has 180 valence electrons. The van der Waals surface area contributed by atoms with Crippen LogP contribution in [0.5, 0.6) is 5.75 Å². The van der Waals surface area contributed by atoms with Gasteiger partial charge in [0, 0.05) is 60.7 Å². The summed E-state index contributed by atoms with van der Waals surface area (Å²) in [7, 11) is -2.39. The third-order valence-electron chi connectivity index (χ3n) is 6.63. The second kappa shape index (κ2) is 10.5. The Balaban J connectivity index is 1.37. The third-order valence-corrected chi connectivity index (χ3v) is 7.67. The fourth-order valence-electron chi connectivity index (χ4n) is 5.02. The Morgan fingerprint density at radius 1 is 1.09 bits per heavy atom. The lowest BCUT2D eigenvalue weighted by Gasteiger charge is -2.40. The van der Waals surface area contributed by atoms with Crippen molar-refractivity contribution in [2.24, 2.45) is 0 Å². The molecule has 1 unspecified atom stereocenters. The van der Waals surface area contributed by atoms with Crippen LogP contribution in [0, 0.1) is 0 Å². The van der Waals surface area contributed by atoms with E-state index in [1.807, 2.05) is 36.4 Å². The molecule has 9 heteroatoms. The highest BCUT2D eigenvalue weighted by Gasteiger charge is 2.31. The molecular weight excluding hydrogens is 462 g/mol. The summed E-state index contributed by atoms with van der Waals surface area (Å²) < 4.78 is 38.3. The molecule has 2 aromatic rings. The van der Waals surface area contributed by atoms with E-state index in [0.717, 1.165) is 79.8 Å². The average molecular weight is 494 g/mol. The van der Waals surface area contributed by atoms with E-state index in [4.69, 9.17) is 16.3 Å². The molecule has 2 aliphatic rings. The Kier molecular flexibility index (Phi) is 7.69. The summed E-state index contributed by atoms with van der Waals surface area (Å²) in [6, 6.07) is 13.7. The minimum Gasteiger partial charge on any atom is -0.496 e. The van der Waals surface area contributed by atoms with Crippen molar-refractivity contribution in [3.8, 4) is 5.75 Å². The van der Waals surface area contributed by atoms with Gasteiger partial charge in [0.25, 0.3) is 10.1 Å². The minimum atomic E-state index is -4.05. The van der Waals surface area contributed by atoms with E-state index in [1.54, 1.807) is 7.11 Å². The van der Waals surface area contributed by atoms with Crippen LogP contribution in [-0.2, 0) is 16.5 Å². The molecule has 1 saturated heterocycles. The molecule has 2 aliphatic heterocycles. The number of ether oxygens (including phenoxy) is 1. The largest absolute Gasteiger partial charge is 0.496 e. The maximum Gasteiger partial charge on any atom is 0.266 e. The van der Waals surface area contributed by atoms with Gasteiger partial charge in [-0.05, 0) is 56.1 Å². The number of halogens is 1. The number of rotatable bonds is 8. The first-order valence-corrected chi connectivity index (χ1v) is 13.4. The number of fused-ring (bicyclic) bond motifs is 1. The van der Waals surface area contributed by atoms with E-state index in [0.29, 0.717) is 6.42 Å². The van der Waals surface area contributed by atoms with Crippen molar-refractivity contribution >= 4 is 33.1 Å². The van der Waals surface area contributed by atoms with E-state index in [9.17, 15) is 13.0 Å². The zero-order valence-corrected chi connectivity index (χ0v) is 20.6. The highest BCUT2D eigenvalue weighted by atomic mass is 35.5. The van der Waals surface area contributed by atoms with Crippen molar-refractivity contribution in [2.45, 2.75) is 25.3 Å². The predicted molar refractivity (Wildman–Crippen MR) is 134 cm³/mol. The van der Waals surface area contributed by atoms with Gasteiger partial charge >= 0.3 is 0 Å². The van der Waals surface area contributed by atoms with Crippen molar-refractivity contribution in [3.05, 3.63) is 53.1 Å². The molecule has 0 spiro atoms. The van der Waals surface area contributed by atoms with Crippen LogP contribution in [0.4, 0.5) is 11.4 Å². The van der Waals surface area contributed by atoms with Gasteiger partial charge in [0.1, 0.15) is 5.75 Å². The number of nitrogens with zero attached hydrogens (tertiary/aromatic N) is 3. The molecule has 0 amide bonds. The first-order chi connectivity index (χ1) is 15.8. The standard InChI is InChI=1S/C24H32ClN3O4S/c1-32-24-8-3-7-23-22(24)10-9-21(18-33(29,30)31)28(23)12-4-11-26-13-15-27(16-14-26)20-6-2-5-19(25)17-20/h2-3,5-8,17,21H,4,9-16,18H2,1H3,(H,29,30,31). The Labute approximate surface area is 201 Å². The third kappa shape index (κ3) is 6.12. The zero-order chi connectivity index (χ0) is 23.4. The lowest BCUT2D eigenvalue weighted by Crippen LogP contribution is -2.48. The molecule has 1 N–H and O–H groups in total. The van der Waals surface area contributed by atoms with E-state index in [1.165, 1.54) is 0 Å². The van der Waals surface area contributed by atoms with Crippen molar-refractivity contribution in [3.63, 3.8) is 0 Å². The molecule has 7 nitrogen and oxygen atoms in total. The summed E-state index contributed by atoms with van der Waals surface area (Å²) in [4.78, 5) is 6.96. The van der Waals surface area contributed by atoms with Gasteiger partial charge in [0.2, 0.25) is 0 Å². The van der Waals surface area contributed by atoms with Crippen molar-refractivity contribution in [2.75, 3.05) is 61.9 Å². The maximum absolute atomic E-state index is 11.7. The molecule has 2 heterocycles. The highest BCUT2D eigenvalue weighted by molar-refractivity contribution is 7.85. The van der Waals surface area contributed by atoms with Gasteiger partial charge in [0.05, 0.1) is 12.9 Å². The van der Waals surface area contributed by atoms with Gasteiger partial charge in [-0.15, -0.1) is 0 Å². The second-order valence-electron chi connectivity index (χ2n) is 8.75. The lowest BCUT2D eigenvalue weighted by molar-refractivity contribution is 0.255. The maximum atomic E-state index is 11.7. The molecule has 4 rings (SSSR count). The second-order valence-corrected chi connectivity index (χ2v) is 10.7. The van der Waals surface area contributed by atoms with Crippen LogP contribution in [-0.4, -0.2) is 76.0 Å². The molecule has 2 aromatic carbocycles. The van der Waals surface area contributed by atoms with Crippen molar-refractivity contribution in [1.29, 1.82) is 0 Å². The molecular formula is C24H32ClN3O4S. The molecule has 0 bridgehead atoms. The van der Waals surface area contributed by atoms with E-state index in [2.05, 4.69) is 20.8 Å². The van der Waals surface area contributed by atoms with Crippen LogP contribution in [0.25, 0.3) is 0 Å². The molecule has 1 atom stereocenters. The molecule has 1 fully saturated rings. The van der Waals surface area contributed by atoms with Crippen LogP contribution in [0.1, 0.15) is 18.4 Å².